The Labute approximate surface area is 130 Å². The Hall–Kier alpha value is -0.910. The highest BCUT2D eigenvalue weighted by Crippen LogP contribution is 2.19. The van der Waals surface area contributed by atoms with Crippen LogP contribution in [0.2, 0.25) is 0 Å². The third kappa shape index (κ3) is 6.50. The molecular formula is C15H24BrN3O. The molecule has 0 aliphatic rings. The molecule has 0 saturated heterocycles. The summed E-state index contributed by atoms with van der Waals surface area (Å²) in [5, 5.41) is 13.0. The predicted molar refractivity (Wildman–Crippen MR) is 88.9 cm³/mol. The van der Waals surface area contributed by atoms with Crippen molar-refractivity contribution >= 4 is 22.1 Å². The third-order valence-electron chi connectivity index (χ3n) is 3.14. The first-order valence-electron chi connectivity index (χ1n) is 7.08. The van der Waals surface area contributed by atoms with E-state index in [-0.39, 0.29) is 5.75 Å². The molecule has 5 heteroatoms. The summed E-state index contributed by atoms with van der Waals surface area (Å²) in [7, 11) is 0. The van der Waals surface area contributed by atoms with E-state index in [1.54, 1.807) is 18.3 Å². The number of phenols is 1. The summed E-state index contributed by atoms with van der Waals surface area (Å²) in [6.45, 7) is 10.2. The molecule has 0 aromatic heterocycles. The predicted octanol–water partition coefficient (Wildman–Crippen LogP) is 2.51. The summed E-state index contributed by atoms with van der Waals surface area (Å²) in [6, 6.07) is 5.32. The molecule has 0 amide bonds. The molecule has 0 saturated carbocycles. The van der Waals surface area contributed by atoms with Crippen molar-refractivity contribution in [2.45, 2.75) is 13.8 Å². The molecule has 0 heterocycles. The van der Waals surface area contributed by atoms with Gasteiger partial charge in [0.05, 0.1) is 6.54 Å². The number of hydrogen-bond acceptors (Lipinski definition) is 4. The van der Waals surface area contributed by atoms with Gasteiger partial charge < -0.3 is 15.3 Å². The van der Waals surface area contributed by atoms with Gasteiger partial charge in [0.2, 0.25) is 0 Å². The van der Waals surface area contributed by atoms with Crippen LogP contribution in [0.15, 0.2) is 27.7 Å². The van der Waals surface area contributed by atoms with Crippen LogP contribution < -0.4 is 5.32 Å². The largest absolute Gasteiger partial charge is 0.507 e. The third-order valence-corrected chi connectivity index (χ3v) is 3.63. The molecule has 0 atom stereocenters. The molecule has 1 rings (SSSR count). The van der Waals surface area contributed by atoms with Gasteiger partial charge in [-0.3, -0.25) is 4.99 Å². The van der Waals surface area contributed by atoms with Gasteiger partial charge >= 0.3 is 0 Å². The summed E-state index contributed by atoms with van der Waals surface area (Å²) in [5.74, 6) is 0.256. The molecule has 4 nitrogen and oxygen atoms in total. The highest BCUT2D eigenvalue weighted by atomic mass is 79.9. The van der Waals surface area contributed by atoms with Crippen LogP contribution in [0.5, 0.6) is 5.75 Å². The number of likely N-dealkylation sites (N-methyl/N-ethyl adjacent to an activating group) is 1. The van der Waals surface area contributed by atoms with Crippen LogP contribution in [-0.4, -0.2) is 55.5 Å². The molecule has 0 spiro atoms. The minimum atomic E-state index is 0.256. The zero-order valence-electron chi connectivity index (χ0n) is 12.3. The van der Waals surface area contributed by atoms with E-state index in [2.05, 4.69) is 45.0 Å². The van der Waals surface area contributed by atoms with Crippen LogP contribution in [0.25, 0.3) is 0 Å². The van der Waals surface area contributed by atoms with E-state index in [0.717, 1.165) is 42.8 Å². The molecule has 0 aliphatic heterocycles. The summed E-state index contributed by atoms with van der Waals surface area (Å²) in [4.78, 5) is 6.70. The molecular weight excluding hydrogens is 318 g/mol. The fraction of sp³-hybridized carbons (Fsp3) is 0.533. The van der Waals surface area contributed by atoms with E-state index < -0.39 is 0 Å². The van der Waals surface area contributed by atoms with Crippen molar-refractivity contribution in [3.8, 4) is 5.75 Å². The summed E-state index contributed by atoms with van der Waals surface area (Å²) in [6.07, 6.45) is 1.71. The molecule has 2 N–H and O–H groups in total. The fourth-order valence-electron chi connectivity index (χ4n) is 1.84. The van der Waals surface area contributed by atoms with Gasteiger partial charge in [-0.2, -0.15) is 0 Å². The number of aromatic hydroxyl groups is 1. The van der Waals surface area contributed by atoms with E-state index in [1.165, 1.54) is 0 Å². The fourth-order valence-corrected chi connectivity index (χ4v) is 2.22. The Morgan fingerprint density at radius 1 is 1.30 bits per heavy atom. The lowest BCUT2D eigenvalue weighted by molar-refractivity contribution is 0.303. The number of hydrogen-bond donors (Lipinski definition) is 2. The smallest absolute Gasteiger partial charge is 0.124 e. The lowest BCUT2D eigenvalue weighted by Gasteiger charge is -2.17. The minimum absolute atomic E-state index is 0.256. The van der Waals surface area contributed by atoms with E-state index >= 15 is 0 Å². The lowest BCUT2D eigenvalue weighted by Crippen LogP contribution is -2.32. The van der Waals surface area contributed by atoms with Gasteiger partial charge in [-0.05, 0) is 31.3 Å². The number of aliphatic imine (C=N–C) groups is 1. The van der Waals surface area contributed by atoms with Crippen molar-refractivity contribution < 1.29 is 5.11 Å². The van der Waals surface area contributed by atoms with Gasteiger partial charge in [0.15, 0.2) is 0 Å². The second-order valence-corrected chi connectivity index (χ2v) is 5.43. The zero-order chi connectivity index (χ0) is 14.8. The molecule has 0 unspecified atom stereocenters. The van der Waals surface area contributed by atoms with Crippen molar-refractivity contribution in [2.75, 3.05) is 39.3 Å². The first-order valence-corrected chi connectivity index (χ1v) is 7.88. The van der Waals surface area contributed by atoms with Crippen molar-refractivity contribution in [1.29, 1.82) is 0 Å². The maximum absolute atomic E-state index is 9.66. The van der Waals surface area contributed by atoms with Gasteiger partial charge in [0, 0.05) is 35.9 Å². The van der Waals surface area contributed by atoms with Crippen LogP contribution in [0.1, 0.15) is 19.4 Å². The summed E-state index contributed by atoms with van der Waals surface area (Å²) in [5.41, 5.74) is 0.738. The Kier molecular flexibility index (Phi) is 8.49. The van der Waals surface area contributed by atoms with Gasteiger partial charge in [-0.1, -0.05) is 29.8 Å². The van der Waals surface area contributed by atoms with Crippen molar-refractivity contribution in [3.63, 3.8) is 0 Å². The molecule has 1 aromatic rings. The molecule has 20 heavy (non-hydrogen) atoms. The maximum Gasteiger partial charge on any atom is 0.124 e. The average molecular weight is 342 g/mol. The van der Waals surface area contributed by atoms with Gasteiger partial charge in [0.1, 0.15) is 5.75 Å². The molecule has 0 aliphatic carbocycles. The van der Waals surface area contributed by atoms with Crippen molar-refractivity contribution in [2.24, 2.45) is 4.99 Å². The zero-order valence-corrected chi connectivity index (χ0v) is 13.9. The molecule has 112 valence electrons. The summed E-state index contributed by atoms with van der Waals surface area (Å²) < 4.78 is 0.939. The van der Waals surface area contributed by atoms with Crippen LogP contribution in [0, 0.1) is 0 Å². The first-order chi connectivity index (χ1) is 9.67. The van der Waals surface area contributed by atoms with Gasteiger partial charge in [-0.15, -0.1) is 0 Å². The van der Waals surface area contributed by atoms with Crippen LogP contribution in [-0.2, 0) is 0 Å². The Morgan fingerprint density at radius 2 is 2.05 bits per heavy atom. The SMILES string of the molecule is CCN(CC)CCNCCN=Cc1cc(Br)ccc1O. The number of nitrogens with zero attached hydrogens (tertiary/aromatic N) is 2. The van der Waals surface area contributed by atoms with Gasteiger partial charge in [0.25, 0.3) is 0 Å². The normalized spacial score (nSPS) is 11.6. The van der Waals surface area contributed by atoms with Crippen molar-refractivity contribution in [3.05, 3.63) is 28.2 Å². The number of phenolic OH excluding ortho intramolecular Hbond substituents is 1. The highest BCUT2D eigenvalue weighted by Gasteiger charge is 1.98. The number of rotatable bonds is 9. The van der Waals surface area contributed by atoms with Crippen molar-refractivity contribution in [1.82, 2.24) is 10.2 Å². The van der Waals surface area contributed by atoms with Crippen LogP contribution in [0.4, 0.5) is 0 Å². The molecule has 1 aromatic carbocycles. The van der Waals surface area contributed by atoms with E-state index in [9.17, 15) is 5.11 Å². The number of halogens is 1. The molecule has 0 bridgehead atoms. The Balaban J connectivity index is 2.21. The molecule has 0 fully saturated rings. The second kappa shape index (κ2) is 9.91. The van der Waals surface area contributed by atoms with E-state index in [0.29, 0.717) is 6.54 Å². The first kappa shape index (κ1) is 17.1. The molecule has 0 radical (unpaired) electrons. The second-order valence-electron chi connectivity index (χ2n) is 4.52. The Bertz CT molecular complexity index is 420. The summed E-state index contributed by atoms with van der Waals surface area (Å²) >= 11 is 3.38. The topological polar surface area (TPSA) is 47.9 Å². The standard InChI is InChI=1S/C15H24BrN3O/c1-3-19(4-2)10-9-17-7-8-18-12-13-11-14(16)5-6-15(13)20/h5-6,11-12,17,20H,3-4,7-10H2,1-2H3. The lowest BCUT2D eigenvalue weighted by atomic mass is 10.2. The van der Waals surface area contributed by atoms with Crippen LogP contribution in [0.3, 0.4) is 0 Å². The van der Waals surface area contributed by atoms with E-state index in [1.807, 2.05) is 6.07 Å². The number of nitrogens with one attached hydrogen (secondary N) is 1. The number of benzene rings is 1. The highest BCUT2D eigenvalue weighted by molar-refractivity contribution is 9.10. The Morgan fingerprint density at radius 3 is 2.75 bits per heavy atom. The minimum Gasteiger partial charge on any atom is -0.507 e. The van der Waals surface area contributed by atoms with Gasteiger partial charge in [-0.25, -0.2) is 0 Å². The van der Waals surface area contributed by atoms with E-state index in [4.69, 9.17) is 0 Å². The van der Waals surface area contributed by atoms with Crippen LogP contribution >= 0.6 is 15.9 Å². The maximum atomic E-state index is 9.66. The quantitative estimate of drug-likeness (QED) is 0.536. The average Bonchev–Trinajstić information content (AvgIpc) is 2.45. The monoisotopic (exact) mass is 341 g/mol.